The van der Waals surface area contributed by atoms with Crippen LogP contribution in [0.4, 0.5) is 0 Å². The SMILES string of the molecule is Cc1ccc(CN2CCCN(C(=O)c3sccc3S(=O)(=O)N3CCCCC3)CC2)cc1. The molecule has 0 radical (unpaired) electrons. The molecule has 1 aromatic carbocycles. The largest absolute Gasteiger partial charge is 0.337 e. The summed E-state index contributed by atoms with van der Waals surface area (Å²) in [5.41, 5.74) is 2.53. The van der Waals surface area contributed by atoms with E-state index in [0.717, 1.165) is 45.3 Å². The first kappa shape index (κ1) is 22.5. The van der Waals surface area contributed by atoms with Gasteiger partial charge >= 0.3 is 0 Å². The number of nitrogens with zero attached hydrogens (tertiary/aromatic N) is 3. The zero-order valence-corrected chi connectivity index (χ0v) is 19.8. The second kappa shape index (κ2) is 9.81. The van der Waals surface area contributed by atoms with Gasteiger partial charge in [0.25, 0.3) is 5.91 Å². The third kappa shape index (κ3) is 5.19. The molecule has 2 aliphatic rings. The van der Waals surface area contributed by atoms with Crippen LogP contribution in [0.5, 0.6) is 0 Å². The van der Waals surface area contributed by atoms with Crippen LogP contribution in [0.15, 0.2) is 40.6 Å². The number of hydrogen-bond donors (Lipinski definition) is 0. The minimum Gasteiger partial charge on any atom is -0.337 e. The molecule has 0 unspecified atom stereocenters. The Kier molecular flexibility index (Phi) is 7.11. The first-order valence-electron chi connectivity index (χ1n) is 11.1. The lowest BCUT2D eigenvalue weighted by atomic mass is 10.1. The van der Waals surface area contributed by atoms with Crippen molar-refractivity contribution in [1.29, 1.82) is 0 Å². The van der Waals surface area contributed by atoms with Crippen molar-refractivity contribution >= 4 is 27.3 Å². The number of benzene rings is 1. The Labute approximate surface area is 189 Å². The maximum Gasteiger partial charge on any atom is 0.265 e. The van der Waals surface area contributed by atoms with Gasteiger partial charge in [-0.2, -0.15) is 4.31 Å². The Morgan fingerprint density at radius 2 is 1.65 bits per heavy atom. The first-order valence-corrected chi connectivity index (χ1v) is 13.4. The molecule has 2 saturated heterocycles. The number of hydrogen-bond acceptors (Lipinski definition) is 5. The summed E-state index contributed by atoms with van der Waals surface area (Å²) in [5.74, 6) is -0.150. The van der Waals surface area contributed by atoms with Gasteiger partial charge < -0.3 is 4.90 Å². The van der Waals surface area contributed by atoms with Crippen LogP contribution in [-0.2, 0) is 16.6 Å². The molecule has 1 aromatic heterocycles. The van der Waals surface area contributed by atoms with Gasteiger partial charge in [0.2, 0.25) is 10.0 Å². The molecule has 168 valence electrons. The number of carbonyl (C=O) groups excluding carboxylic acids is 1. The molecule has 6 nitrogen and oxygen atoms in total. The molecule has 2 fully saturated rings. The average molecular weight is 462 g/mol. The predicted molar refractivity (Wildman–Crippen MR) is 124 cm³/mol. The highest BCUT2D eigenvalue weighted by Crippen LogP contribution is 2.28. The highest BCUT2D eigenvalue weighted by atomic mass is 32.2. The Hall–Kier alpha value is -1.74. The fraction of sp³-hybridized carbons (Fsp3) is 0.522. The summed E-state index contributed by atoms with van der Waals surface area (Å²) in [6.07, 6.45) is 3.72. The number of amides is 1. The monoisotopic (exact) mass is 461 g/mol. The van der Waals surface area contributed by atoms with Crippen molar-refractivity contribution in [3.8, 4) is 0 Å². The number of thiophene rings is 1. The maximum absolute atomic E-state index is 13.3. The normalized spacial score (nSPS) is 19.3. The molecule has 0 N–H and O–H groups in total. The smallest absolute Gasteiger partial charge is 0.265 e. The summed E-state index contributed by atoms with van der Waals surface area (Å²) in [4.78, 5) is 18.0. The summed E-state index contributed by atoms with van der Waals surface area (Å²) in [6, 6.07) is 10.2. The van der Waals surface area contributed by atoms with E-state index in [2.05, 4.69) is 36.1 Å². The average Bonchev–Trinajstić information content (AvgIpc) is 3.17. The Morgan fingerprint density at radius 3 is 2.39 bits per heavy atom. The van der Waals surface area contributed by atoms with E-state index in [1.807, 2.05) is 4.90 Å². The van der Waals surface area contributed by atoms with E-state index in [4.69, 9.17) is 0 Å². The molecular weight excluding hydrogens is 430 g/mol. The van der Waals surface area contributed by atoms with E-state index in [9.17, 15) is 13.2 Å². The van der Waals surface area contributed by atoms with Crippen LogP contribution in [-0.4, -0.2) is 67.7 Å². The van der Waals surface area contributed by atoms with Gasteiger partial charge in [0.1, 0.15) is 9.77 Å². The maximum atomic E-state index is 13.3. The highest BCUT2D eigenvalue weighted by molar-refractivity contribution is 7.89. The molecule has 1 amide bonds. The van der Waals surface area contributed by atoms with Crippen LogP contribution in [0, 0.1) is 6.92 Å². The highest BCUT2D eigenvalue weighted by Gasteiger charge is 2.32. The van der Waals surface area contributed by atoms with Crippen LogP contribution in [0.1, 0.15) is 46.5 Å². The lowest BCUT2D eigenvalue weighted by Gasteiger charge is -2.26. The van der Waals surface area contributed by atoms with Gasteiger partial charge in [0.15, 0.2) is 0 Å². The summed E-state index contributed by atoms with van der Waals surface area (Å²) < 4.78 is 27.9. The Balaban J connectivity index is 1.43. The number of rotatable bonds is 5. The van der Waals surface area contributed by atoms with Gasteiger partial charge in [-0.1, -0.05) is 36.2 Å². The molecule has 31 heavy (non-hydrogen) atoms. The van der Waals surface area contributed by atoms with Gasteiger partial charge in [0.05, 0.1) is 0 Å². The number of sulfonamides is 1. The van der Waals surface area contributed by atoms with Crippen molar-refractivity contribution < 1.29 is 13.2 Å². The van der Waals surface area contributed by atoms with Crippen LogP contribution < -0.4 is 0 Å². The third-order valence-electron chi connectivity index (χ3n) is 6.16. The van der Waals surface area contributed by atoms with Gasteiger partial charge in [0, 0.05) is 45.8 Å². The lowest BCUT2D eigenvalue weighted by Crippen LogP contribution is -2.38. The molecule has 4 rings (SSSR count). The molecule has 0 atom stereocenters. The van der Waals surface area contributed by atoms with Crippen molar-refractivity contribution in [2.24, 2.45) is 0 Å². The fourth-order valence-electron chi connectivity index (χ4n) is 4.33. The van der Waals surface area contributed by atoms with Crippen LogP contribution in [0.25, 0.3) is 0 Å². The van der Waals surface area contributed by atoms with E-state index >= 15 is 0 Å². The molecule has 2 aliphatic heterocycles. The van der Waals surface area contributed by atoms with Gasteiger partial charge in [-0.3, -0.25) is 9.69 Å². The van der Waals surface area contributed by atoms with Crippen LogP contribution in [0.3, 0.4) is 0 Å². The van der Waals surface area contributed by atoms with E-state index < -0.39 is 10.0 Å². The minimum absolute atomic E-state index is 0.150. The molecule has 0 aliphatic carbocycles. The zero-order valence-electron chi connectivity index (χ0n) is 18.1. The molecule has 0 bridgehead atoms. The van der Waals surface area contributed by atoms with Crippen molar-refractivity contribution in [3.63, 3.8) is 0 Å². The van der Waals surface area contributed by atoms with E-state index in [1.54, 1.807) is 15.8 Å². The molecular formula is C23H31N3O3S2. The predicted octanol–water partition coefficient (Wildman–Crippen LogP) is 3.58. The second-order valence-electron chi connectivity index (χ2n) is 8.49. The topological polar surface area (TPSA) is 60.9 Å². The van der Waals surface area contributed by atoms with Crippen molar-refractivity contribution in [2.75, 3.05) is 39.3 Å². The van der Waals surface area contributed by atoms with Crippen LogP contribution >= 0.6 is 11.3 Å². The molecule has 3 heterocycles. The Morgan fingerprint density at radius 1 is 0.903 bits per heavy atom. The Bertz CT molecular complexity index is 995. The van der Waals surface area contributed by atoms with E-state index in [1.165, 1.54) is 22.5 Å². The number of aryl methyl sites for hydroxylation is 1. The second-order valence-corrected chi connectivity index (χ2v) is 11.3. The van der Waals surface area contributed by atoms with Crippen LogP contribution in [0.2, 0.25) is 0 Å². The summed E-state index contributed by atoms with van der Waals surface area (Å²) >= 11 is 1.24. The number of piperidine rings is 1. The van der Waals surface area contributed by atoms with Crippen molar-refractivity contribution in [3.05, 3.63) is 51.7 Å². The zero-order chi connectivity index (χ0) is 21.8. The number of carbonyl (C=O) groups is 1. The first-order chi connectivity index (χ1) is 14.9. The lowest BCUT2D eigenvalue weighted by molar-refractivity contribution is 0.0762. The van der Waals surface area contributed by atoms with E-state index in [-0.39, 0.29) is 10.8 Å². The molecule has 8 heteroatoms. The summed E-state index contributed by atoms with van der Waals surface area (Å²) in [6.45, 7) is 7.04. The van der Waals surface area contributed by atoms with Gasteiger partial charge in [-0.15, -0.1) is 11.3 Å². The summed E-state index contributed by atoms with van der Waals surface area (Å²) in [5, 5.41) is 1.73. The third-order valence-corrected chi connectivity index (χ3v) is 9.13. The summed E-state index contributed by atoms with van der Waals surface area (Å²) in [7, 11) is -3.61. The van der Waals surface area contributed by atoms with Crippen molar-refractivity contribution in [2.45, 2.75) is 44.0 Å². The quantitative estimate of drug-likeness (QED) is 0.683. The van der Waals surface area contributed by atoms with E-state index in [0.29, 0.717) is 31.1 Å². The molecule has 2 aromatic rings. The fourth-order valence-corrected chi connectivity index (χ4v) is 7.21. The molecule has 0 spiro atoms. The van der Waals surface area contributed by atoms with Crippen molar-refractivity contribution in [1.82, 2.24) is 14.1 Å². The minimum atomic E-state index is -3.61. The molecule has 0 saturated carbocycles. The standard InChI is InChI=1S/C23H31N3O3S2/c1-19-6-8-20(9-7-19)18-24-11-5-12-25(16-15-24)23(27)22-21(10-17-30-22)31(28,29)26-13-3-2-4-14-26/h6-10,17H,2-5,11-16,18H2,1H3. The van der Waals surface area contributed by atoms with Gasteiger partial charge in [-0.05, 0) is 43.2 Å². The van der Waals surface area contributed by atoms with Gasteiger partial charge in [-0.25, -0.2) is 8.42 Å².